The van der Waals surface area contributed by atoms with Crippen LogP contribution >= 0.6 is 15.9 Å². The standard InChI is InChI=1S/C20H23BrN4O3/c1-20(2,3)28-19(27)25-10-8-24(9-11-25)18-22-12-15(13-23-18)17(26)14-4-6-16(21)7-5-14/h4-7,12-13H,8-11H2,1-3H3. The van der Waals surface area contributed by atoms with Crippen molar-refractivity contribution < 1.29 is 14.3 Å². The highest BCUT2D eigenvalue weighted by Gasteiger charge is 2.26. The molecule has 0 N–H and O–H groups in total. The van der Waals surface area contributed by atoms with Crippen molar-refractivity contribution in [3.05, 3.63) is 52.3 Å². The lowest BCUT2D eigenvalue weighted by molar-refractivity contribution is 0.0240. The molecular formula is C20H23BrN4O3. The van der Waals surface area contributed by atoms with Gasteiger partial charge in [-0.25, -0.2) is 14.8 Å². The lowest BCUT2D eigenvalue weighted by Gasteiger charge is -2.35. The molecule has 0 spiro atoms. The van der Waals surface area contributed by atoms with Crippen molar-refractivity contribution in [1.29, 1.82) is 0 Å². The fourth-order valence-electron chi connectivity index (χ4n) is 2.79. The van der Waals surface area contributed by atoms with Gasteiger partial charge in [0.2, 0.25) is 5.95 Å². The second-order valence-corrected chi connectivity index (χ2v) is 8.48. The molecule has 0 saturated carbocycles. The van der Waals surface area contributed by atoms with Gasteiger partial charge in [-0.15, -0.1) is 0 Å². The minimum atomic E-state index is -0.505. The molecule has 0 bridgehead atoms. The van der Waals surface area contributed by atoms with Gasteiger partial charge in [-0.1, -0.05) is 15.9 Å². The quantitative estimate of drug-likeness (QED) is 0.671. The monoisotopic (exact) mass is 446 g/mol. The van der Waals surface area contributed by atoms with Gasteiger partial charge in [0, 0.05) is 48.6 Å². The van der Waals surface area contributed by atoms with Crippen LogP contribution in [0.2, 0.25) is 0 Å². The van der Waals surface area contributed by atoms with Crippen molar-refractivity contribution in [2.45, 2.75) is 26.4 Å². The van der Waals surface area contributed by atoms with Gasteiger partial charge in [0.15, 0.2) is 5.78 Å². The van der Waals surface area contributed by atoms with Crippen molar-refractivity contribution in [1.82, 2.24) is 14.9 Å². The Hall–Kier alpha value is -2.48. The largest absolute Gasteiger partial charge is 0.444 e. The third-order valence-electron chi connectivity index (χ3n) is 4.22. The minimum absolute atomic E-state index is 0.117. The van der Waals surface area contributed by atoms with E-state index in [1.54, 1.807) is 29.4 Å². The van der Waals surface area contributed by atoms with Gasteiger partial charge >= 0.3 is 6.09 Å². The molecule has 1 fully saturated rings. The maximum Gasteiger partial charge on any atom is 0.410 e. The Morgan fingerprint density at radius 3 is 2.07 bits per heavy atom. The lowest BCUT2D eigenvalue weighted by Crippen LogP contribution is -2.50. The van der Waals surface area contributed by atoms with E-state index in [0.717, 1.165) is 4.47 Å². The predicted octanol–water partition coefficient (Wildman–Crippen LogP) is 3.53. The zero-order valence-electron chi connectivity index (χ0n) is 16.2. The van der Waals surface area contributed by atoms with Crippen LogP contribution in [0.4, 0.5) is 10.7 Å². The van der Waals surface area contributed by atoms with E-state index >= 15 is 0 Å². The first kappa shape index (κ1) is 20.3. The van der Waals surface area contributed by atoms with Crippen molar-refractivity contribution in [3.63, 3.8) is 0 Å². The number of ether oxygens (including phenoxy) is 1. The summed E-state index contributed by atoms with van der Waals surface area (Å²) in [5.41, 5.74) is 0.526. The number of carbonyl (C=O) groups is 2. The molecule has 0 atom stereocenters. The van der Waals surface area contributed by atoms with Crippen LogP contribution in [0.25, 0.3) is 0 Å². The van der Waals surface area contributed by atoms with Gasteiger partial charge in [-0.3, -0.25) is 4.79 Å². The van der Waals surface area contributed by atoms with Gasteiger partial charge in [0.05, 0.1) is 5.56 Å². The fourth-order valence-corrected chi connectivity index (χ4v) is 3.05. The molecule has 2 aromatic rings. The number of hydrogen-bond acceptors (Lipinski definition) is 6. The molecule has 0 aliphatic carbocycles. The summed E-state index contributed by atoms with van der Waals surface area (Å²) in [4.78, 5) is 37.0. The van der Waals surface area contributed by atoms with Crippen LogP contribution in [0.5, 0.6) is 0 Å². The van der Waals surface area contributed by atoms with E-state index in [9.17, 15) is 9.59 Å². The van der Waals surface area contributed by atoms with E-state index < -0.39 is 5.60 Å². The number of hydrogen-bond donors (Lipinski definition) is 0. The summed E-state index contributed by atoms with van der Waals surface area (Å²) in [5, 5.41) is 0. The number of rotatable bonds is 3. The highest BCUT2D eigenvalue weighted by atomic mass is 79.9. The van der Waals surface area contributed by atoms with E-state index in [1.807, 2.05) is 37.8 Å². The smallest absolute Gasteiger partial charge is 0.410 e. The Bertz CT molecular complexity index is 839. The number of benzene rings is 1. The summed E-state index contributed by atoms with van der Waals surface area (Å²) < 4.78 is 6.32. The predicted molar refractivity (Wildman–Crippen MR) is 110 cm³/mol. The summed E-state index contributed by atoms with van der Waals surface area (Å²) >= 11 is 3.36. The van der Waals surface area contributed by atoms with E-state index in [4.69, 9.17) is 4.74 Å². The molecule has 1 aromatic carbocycles. The van der Waals surface area contributed by atoms with Crippen LogP contribution in [0, 0.1) is 0 Å². The molecule has 1 aliphatic rings. The van der Waals surface area contributed by atoms with Crippen molar-refractivity contribution in [2.75, 3.05) is 31.1 Å². The number of piperazine rings is 1. The van der Waals surface area contributed by atoms with E-state index in [-0.39, 0.29) is 11.9 Å². The van der Waals surface area contributed by atoms with E-state index in [1.165, 1.54) is 0 Å². The molecule has 1 saturated heterocycles. The van der Waals surface area contributed by atoms with E-state index in [0.29, 0.717) is 43.3 Å². The third kappa shape index (κ3) is 5.07. The first-order valence-corrected chi connectivity index (χ1v) is 9.87. The zero-order chi connectivity index (χ0) is 20.3. The lowest BCUT2D eigenvalue weighted by atomic mass is 10.1. The summed E-state index contributed by atoms with van der Waals surface area (Å²) in [6.07, 6.45) is 2.79. The van der Waals surface area contributed by atoms with Crippen LogP contribution < -0.4 is 4.90 Å². The normalized spacial score (nSPS) is 14.7. The molecule has 28 heavy (non-hydrogen) atoms. The first-order chi connectivity index (χ1) is 13.2. The second kappa shape index (κ2) is 8.26. The Kier molecular flexibility index (Phi) is 5.98. The zero-order valence-corrected chi connectivity index (χ0v) is 17.8. The van der Waals surface area contributed by atoms with Crippen LogP contribution in [-0.2, 0) is 4.74 Å². The molecule has 3 rings (SSSR count). The maximum atomic E-state index is 12.5. The summed E-state index contributed by atoms with van der Waals surface area (Å²) in [6.45, 7) is 7.86. The Balaban J connectivity index is 1.60. The molecule has 8 heteroatoms. The van der Waals surface area contributed by atoms with E-state index in [2.05, 4.69) is 25.9 Å². The minimum Gasteiger partial charge on any atom is -0.444 e. The topological polar surface area (TPSA) is 75.6 Å². The van der Waals surface area contributed by atoms with Crippen molar-refractivity contribution in [3.8, 4) is 0 Å². The average molecular weight is 447 g/mol. The SMILES string of the molecule is CC(C)(C)OC(=O)N1CCN(c2ncc(C(=O)c3ccc(Br)cc3)cn2)CC1. The number of ketones is 1. The fraction of sp³-hybridized carbons (Fsp3) is 0.400. The molecule has 0 unspecified atom stereocenters. The summed E-state index contributed by atoms with van der Waals surface area (Å²) in [7, 11) is 0. The maximum absolute atomic E-state index is 12.5. The highest BCUT2D eigenvalue weighted by molar-refractivity contribution is 9.10. The Labute approximate surface area is 172 Å². The molecule has 148 valence electrons. The molecule has 0 radical (unpaired) electrons. The van der Waals surface area contributed by atoms with Crippen LogP contribution in [0.15, 0.2) is 41.1 Å². The van der Waals surface area contributed by atoms with Gasteiger partial charge in [0.1, 0.15) is 5.60 Å². The van der Waals surface area contributed by atoms with Crippen LogP contribution in [0.1, 0.15) is 36.7 Å². The number of halogens is 1. The van der Waals surface area contributed by atoms with Crippen molar-refractivity contribution >= 4 is 33.8 Å². The number of anilines is 1. The number of aromatic nitrogens is 2. The Morgan fingerprint density at radius 1 is 0.964 bits per heavy atom. The molecule has 1 aromatic heterocycles. The number of amides is 1. The summed E-state index contributed by atoms with van der Waals surface area (Å²) in [6, 6.07) is 7.17. The molecule has 1 amide bonds. The van der Waals surface area contributed by atoms with Crippen molar-refractivity contribution in [2.24, 2.45) is 0 Å². The van der Waals surface area contributed by atoms with Crippen LogP contribution in [0.3, 0.4) is 0 Å². The number of carbonyl (C=O) groups excluding carboxylic acids is 2. The van der Waals surface area contributed by atoms with Gasteiger partial charge in [0.25, 0.3) is 0 Å². The number of nitrogens with zero attached hydrogens (tertiary/aromatic N) is 4. The first-order valence-electron chi connectivity index (χ1n) is 9.08. The molecular weight excluding hydrogens is 424 g/mol. The van der Waals surface area contributed by atoms with Gasteiger partial charge in [-0.2, -0.15) is 0 Å². The highest BCUT2D eigenvalue weighted by Crippen LogP contribution is 2.17. The molecule has 2 heterocycles. The van der Waals surface area contributed by atoms with Crippen LogP contribution in [-0.4, -0.2) is 58.5 Å². The van der Waals surface area contributed by atoms with Gasteiger partial charge < -0.3 is 14.5 Å². The second-order valence-electron chi connectivity index (χ2n) is 7.56. The molecule has 1 aliphatic heterocycles. The molecule has 7 nitrogen and oxygen atoms in total. The third-order valence-corrected chi connectivity index (χ3v) is 4.75. The Morgan fingerprint density at radius 2 is 1.54 bits per heavy atom. The average Bonchev–Trinajstić information content (AvgIpc) is 2.67. The summed E-state index contributed by atoms with van der Waals surface area (Å²) in [5.74, 6) is 0.435. The van der Waals surface area contributed by atoms with Gasteiger partial charge in [-0.05, 0) is 45.0 Å².